The van der Waals surface area contributed by atoms with Crippen LogP contribution in [0.5, 0.6) is 17.2 Å². The molecule has 35 heavy (non-hydrogen) atoms. The summed E-state index contributed by atoms with van der Waals surface area (Å²) in [5.41, 5.74) is 1.77. The molecule has 0 saturated heterocycles. The Morgan fingerprint density at radius 2 is 1.80 bits per heavy atom. The standard InChI is InChI=1S/C25H25N3O5S2/c1-14-15(2)35-23-22(14)24(30)28(18-8-6-7-9-20(18)33-5)25(27-23)34-13-21(29)26-17-12-16(31-3)10-11-19(17)32-4/h6-12H,13H2,1-5H3,(H,26,29). The van der Waals surface area contributed by atoms with Crippen LogP contribution in [0.3, 0.4) is 0 Å². The van der Waals surface area contributed by atoms with Crippen LogP contribution in [-0.2, 0) is 4.79 Å². The third-order valence-electron chi connectivity index (χ3n) is 5.51. The minimum atomic E-state index is -0.277. The number of rotatable bonds is 8. The Morgan fingerprint density at radius 1 is 1.06 bits per heavy atom. The number of anilines is 1. The summed E-state index contributed by atoms with van der Waals surface area (Å²) in [6.07, 6.45) is 0. The molecule has 0 fully saturated rings. The number of thioether (sulfide) groups is 1. The third-order valence-corrected chi connectivity index (χ3v) is 7.55. The number of nitrogens with one attached hydrogen (secondary N) is 1. The second-order valence-corrected chi connectivity index (χ2v) is 9.72. The van der Waals surface area contributed by atoms with E-state index in [0.29, 0.717) is 44.0 Å². The lowest BCUT2D eigenvalue weighted by atomic mass is 10.2. The summed E-state index contributed by atoms with van der Waals surface area (Å²) < 4.78 is 17.6. The molecular weight excluding hydrogens is 486 g/mol. The maximum atomic E-state index is 13.7. The van der Waals surface area contributed by atoms with Gasteiger partial charge in [-0.15, -0.1) is 11.3 Å². The maximum Gasteiger partial charge on any atom is 0.267 e. The van der Waals surface area contributed by atoms with E-state index < -0.39 is 0 Å². The summed E-state index contributed by atoms with van der Waals surface area (Å²) in [6, 6.07) is 12.4. The van der Waals surface area contributed by atoms with Gasteiger partial charge in [0.15, 0.2) is 5.16 Å². The number of hydrogen-bond donors (Lipinski definition) is 1. The summed E-state index contributed by atoms with van der Waals surface area (Å²) in [7, 11) is 4.64. The molecule has 0 bridgehead atoms. The molecule has 2 heterocycles. The van der Waals surface area contributed by atoms with Crippen LogP contribution < -0.4 is 25.1 Å². The van der Waals surface area contributed by atoms with Crippen molar-refractivity contribution in [3.05, 3.63) is 63.3 Å². The normalized spacial score (nSPS) is 10.9. The summed E-state index contributed by atoms with van der Waals surface area (Å²) in [4.78, 5) is 33.0. The first-order chi connectivity index (χ1) is 16.9. The van der Waals surface area contributed by atoms with Crippen LogP contribution in [-0.4, -0.2) is 42.5 Å². The van der Waals surface area contributed by atoms with Gasteiger partial charge in [0.25, 0.3) is 5.56 Å². The molecule has 0 saturated carbocycles. The van der Waals surface area contributed by atoms with Crippen LogP contribution in [0.4, 0.5) is 5.69 Å². The predicted octanol–water partition coefficient (Wildman–Crippen LogP) is 4.82. The SMILES string of the molecule is COc1ccc(OC)c(NC(=O)CSc2nc3sc(C)c(C)c3c(=O)n2-c2ccccc2OC)c1. The fraction of sp³-hybridized carbons (Fsp3) is 0.240. The Balaban J connectivity index is 1.71. The molecule has 1 amide bonds. The van der Waals surface area contributed by atoms with E-state index in [1.165, 1.54) is 34.8 Å². The van der Waals surface area contributed by atoms with E-state index in [0.717, 1.165) is 10.4 Å². The number of carbonyl (C=O) groups excluding carboxylic acids is 1. The largest absolute Gasteiger partial charge is 0.497 e. The number of aryl methyl sites for hydroxylation is 2. The molecule has 0 aliphatic rings. The minimum Gasteiger partial charge on any atom is -0.497 e. The highest BCUT2D eigenvalue weighted by Crippen LogP contribution is 2.32. The molecule has 10 heteroatoms. The van der Waals surface area contributed by atoms with E-state index in [2.05, 4.69) is 5.32 Å². The van der Waals surface area contributed by atoms with Crippen molar-refractivity contribution in [2.24, 2.45) is 0 Å². The molecule has 4 aromatic rings. The number of ether oxygens (including phenoxy) is 3. The number of methoxy groups -OCH3 is 3. The zero-order valence-corrected chi connectivity index (χ0v) is 21.6. The van der Waals surface area contributed by atoms with Crippen molar-refractivity contribution in [2.75, 3.05) is 32.4 Å². The van der Waals surface area contributed by atoms with Gasteiger partial charge >= 0.3 is 0 Å². The fourth-order valence-corrected chi connectivity index (χ4v) is 5.50. The zero-order chi connectivity index (χ0) is 25.1. The van der Waals surface area contributed by atoms with Gasteiger partial charge in [-0.1, -0.05) is 23.9 Å². The second kappa shape index (κ2) is 10.4. The van der Waals surface area contributed by atoms with E-state index in [-0.39, 0.29) is 17.2 Å². The number of hydrogen-bond acceptors (Lipinski definition) is 8. The molecule has 2 aromatic carbocycles. The Morgan fingerprint density at radius 3 is 2.51 bits per heavy atom. The zero-order valence-electron chi connectivity index (χ0n) is 20.0. The topological polar surface area (TPSA) is 91.7 Å². The van der Waals surface area contributed by atoms with Gasteiger partial charge in [0.1, 0.15) is 22.1 Å². The van der Waals surface area contributed by atoms with E-state index in [1.54, 1.807) is 44.6 Å². The highest BCUT2D eigenvalue weighted by atomic mass is 32.2. The number of fused-ring (bicyclic) bond motifs is 1. The van der Waals surface area contributed by atoms with Crippen molar-refractivity contribution in [3.63, 3.8) is 0 Å². The molecular formula is C25H25N3O5S2. The first kappa shape index (κ1) is 24.6. The van der Waals surface area contributed by atoms with Gasteiger partial charge in [-0.25, -0.2) is 4.98 Å². The smallest absolute Gasteiger partial charge is 0.267 e. The maximum absolute atomic E-state index is 13.7. The van der Waals surface area contributed by atoms with Crippen molar-refractivity contribution < 1.29 is 19.0 Å². The highest BCUT2D eigenvalue weighted by Gasteiger charge is 2.21. The number of thiophene rings is 1. The van der Waals surface area contributed by atoms with E-state index in [1.807, 2.05) is 26.0 Å². The van der Waals surface area contributed by atoms with Gasteiger partial charge in [-0.2, -0.15) is 0 Å². The van der Waals surface area contributed by atoms with Crippen molar-refractivity contribution in [3.8, 4) is 22.9 Å². The molecule has 8 nitrogen and oxygen atoms in total. The number of amides is 1. The monoisotopic (exact) mass is 511 g/mol. The molecule has 0 aliphatic heterocycles. The van der Waals surface area contributed by atoms with Crippen molar-refractivity contribution in [1.29, 1.82) is 0 Å². The van der Waals surface area contributed by atoms with Crippen molar-refractivity contribution in [2.45, 2.75) is 19.0 Å². The van der Waals surface area contributed by atoms with Gasteiger partial charge in [0.2, 0.25) is 5.91 Å². The fourth-order valence-electron chi connectivity index (χ4n) is 3.63. The average molecular weight is 512 g/mol. The van der Waals surface area contributed by atoms with Crippen LogP contribution in [0.15, 0.2) is 52.4 Å². The van der Waals surface area contributed by atoms with Crippen molar-refractivity contribution in [1.82, 2.24) is 9.55 Å². The van der Waals surface area contributed by atoms with E-state index in [9.17, 15) is 9.59 Å². The van der Waals surface area contributed by atoms with Gasteiger partial charge in [-0.05, 0) is 43.7 Å². The molecule has 0 atom stereocenters. The summed E-state index contributed by atoms with van der Waals surface area (Å²) >= 11 is 2.64. The Labute approximate surface area is 210 Å². The third kappa shape index (κ3) is 4.85. The van der Waals surface area contributed by atoms with Crippen molar-refractivity contribution >= 4 is 44.9 Å². The Bertz CT molecular complexity index is 1460. The van der Waals surface area contributed by atoms with Gasteiger partial charge < -0.3 is 19.5 Å². The molecule has 0 aliphatic carbocycles. The number of benzene rings is 2. The van der Waals surface area contributed by atoms with Crippen LogP contribution in [0.25, 0.3) is 15.9 Å². The molecule has 1 N–H and O–H groups in total. The molecule has 4 rings (SSSR count). The number of para-hydroxylation sites is 2. The lowest BCUT2D eigenvalue weighted by Gasteiger charge is -2.15. The van der Waals surface area contributed by atoms with E-state index >= 15 is 0 Å². The molecule has 2 aromatic heterocycles. The highest BCUT2D eigenvalue weighted by molar-refractivity contribution is 7.99. The lowest BCUT2D eigenvalue weighted by molar-refractivity contribution is -0.113. The number of carbonyl (C=O) groups is 1. The molecule has 0 radical (unpaired) electrons. The van der Waals surface area contributed by atoms with Crippen LogP contribution in [0.1, 0.15) is 10.4 Å². The number of aromatic nitrogens is 2. The Hall–Kier alpha value is -3.50. The van der Waals surface area contributed by atoms with Gasteiger partial charge in [0, 0.05) is 10.9 Å². The summed E-state index contributed by atoms with van der Waals surface area (Å²) in [5.74, 6) is 1.39. The first-order valence-electron chi connectivity index (χ1n) is 10.7. The summed E-state index contributed by atoms with van der Waals surface area (Å²) in [6.45, 7) is 3.89. The van der Waals surface area contributed by atoms with Crippen LogP contribution in [0.2, 0.25) is 0 Å². The van der Waals surface area contributed by atoms with Crippen LogP contribution in [0, 0.1) is 13.8 Å². The second-order valence-electron chi connectivity index (χ2n) is 7.57. The quantitative estimate of drug-likeness (QED) is 0.268. The molecule has 182 valence electrons. The van der Waals surface area contributed by atoms with E-state index in [4.69, 9.17) is 19.2 Å². The van der Waals surface area contributed by atoms with Gasteiger partial charge in [0.05, 0.1) is 43.8 Å². The average Bonchev–Trinajstić information content (AvgIpc) is 3.15. The predicted molar refractivity (Wildman–Crippen MR) is 140 cm³/mol. The minimum absolute atomic E-state index is 0.0246. The summed E-state index contributed by atoms with van der Waals surface area (Å²) in [5, 5.41) is 3.83. The van der Waals surface area contributed by atoms with Crippen LogP contribution >= 0.6 is 23.1 Å². The first-order valence-corrected chi connectivity index (χ1v) is 12.5. The lowest BCUT2D eigenvalue weighted by Crippen LogP contribution is -2.23. The number of nitrogens with zero attached hydrogens (tertiary/aromatic N) is 2. The molecule has 0 spiro atoms. The Kier molecular flexibility index (Phi) is 7.32. The van der Waals surface area contributed by atoms with Gasteiger partial charge in [-0.3, -0.25) is 14.2 Å². The molecule has 0 unspecified atom stereocenters.